The average molecular weight is 530 g/mol. The van der Waals surface area contributed by atoms with E-state index in [0.717, 1.165) is 33.7 Å². The number of benzene rings is 4. The lowest BCUT2D eigenvalue weighted by Gasteiger charge is -2.14. The zero-order valence-electron chi connectivity index (χ0n) is 19.4. The quantitative estimate of drug-likeness (QED) is 0.259. The summed E-state index contributed by atoms with van der Waals surface area (Å²) in [6.07, 6.45) is 1.71. The Balaban J connectivity index is 1.44. The molecular weight excluding hydrogens is 510 g/mol. The number of carboxylic acid groups (broad SMARTS) is 1. The summed E-state index contributed by atoms with van der Waals surface area (Å²) < 4.78 is 6.11. The summed E-state index contributed by atoms with van der Waals surface area (Å²) in [7, 11) is 0. The van der Waals surface area contributed by atoms with Crippen LogP contribution in [0.2, 0.25) is 5.02 Å². The van der Waals surface area contributed by atoms with Gasteiger partial charge in [0, 0.05) is 10.6 Å². The van der Waals surface area contributed by atoms with E-state index in [1.165, 1.54) is 17.0 Å². The maximum absolute atomic E-state index is 13.2. The van der Waals surface area contributed by atoms with Crippen molar-refractivity contribution in [3.63, 3.8) is 0 Å². The summed E-state index contributed by atoms with van der Waals surface area (Å²) in [4.78, 5) is 38.6. The van der Waals surface area contributed by atoms with Crippen LogP contribution in [-0.4, -0.2) is 27.1 Å². The molecule has 1 aliphatic heterocycles. The summed E-state index contributed by atoms with van der Waals surface area (Å²) in [5, 5.41) is 11.2. The Morgan fingerprint density at radius 3 is 2.35 bits per heavy atom. The molecule has 37 heavy (non-hydrogen) atoms. The van der Waals surface area contributed by atoms with E-state index in [0.29, 0.717) is 21.2 Å². The van der Waals surface area contributed by atoms with E-state index in [4.69, 9.17) is 21.4 Å². The van der Waals surface area contributed by atoms with Crippen molar-refractivity contribution in [2.45, 2.75) is 13.2 Å². The number of carbonyl (C=O) groups excluding carboxylic acids is 2. The first kappa shape index (κ1) is 24.6. The molecule has 2 amide bonds. The van der Waals surface area contributed by atoms with Crippen molar-refractivity contribution in [2.24, 2.45) is 0 Å². The van der Waals surface area contributed by atoms with Gasteiger partial charge < -0.3 is 9.84 Å². The van der Waals surface area contributed by atoms with Gasteiger partial charge in [0.2, 0.25) is 0 Å². The minimum absolute atomic E-state index is 0.157. The highest BCUT2D eigenvalue weighted by Crippen LogP contribution is 2.37. The first-order chi connectivity index (χ1) is 17.9. The monoisotopic (exact) mass is 529 g/mol. The molecule has 0 bridgehead atoms. The third kappa shape index (κ3) is 5.38. The standard InChI is InChI=1S/C29H20ClNO5S/c30-22-12-7-18(8-13-22)16-31-27(32)26(37-29(31)35)15-24-23-4-2-1-3-20(23)11-14-25(24)36-17-19-5-9-21(10-6-19)28(33)34/h1-15H,16-17H2,(H,33,34)/b26-15+. The van der Waals surface area contributed by atoms with Crippen molar-refractivity contribution in [3.05, 3.63) is 117 Å². The van der Waals surface area contributed by atoms with Gasteiger partial charge in [-0.3, -0.25) is 14.5 Å². The fourth-order valence-corrected chi connectivity index (χ4v) is 4.94. The van der Waals surface area contributed by atoms with Gasteiger partial charge in [0.15, 0.2) is 0 Å². The van der Waals surface area contributed by atoms with Crippen molar-refractivity contribution in [3.8, 4) is 5.75 Å². The summed E-state index contributed by atoms with van der Waals surface area (Å²) in [6.45, 7) is 0.363. The number of hydrogen-bond acceptors (Lipinski definition) is 5. The van der Waals surface area contributed by atoms with Crippen LogP contribution in [0.1, 0.15) is 27.0 Å². The number of hydrogen-bond donors (Lipinski definition) is 1. The zero-order chi connectivity index (χ0) is 25.9. The SMILES string of the molecule is O=C(O)c1ccc(COc2ccc3ccccc3c2/C=C2/SC(=O)N(Cc3ccc(Cl)cc3)C2=O)cc1. The Morgan fingerprint density at radius 1 is 0.919 bits per heavy atom. The highest BCUT2D eigenvalue weighted by atomic mass is 35.5. The molecule has 184 valence electrons. The molecule has 6 nitrogen and oxygen atoms in total. The van der Waals surface area contributed by atoms with Gasteiger partial charge in [-0.25, -0.2) is 4.79 Å². The van der Waals surface area contributed by atoms with E-state index in [-0.39, 0.29) is 29.9 Å². The average Bonchev–Trinajstić information content (AvgIpc) is 3.17. The number of nitrogens with zero attached hydrogens (tertiary/aromatic N) is 1. The molecule has 0 atom stereocenters. The second-order valence-electron chi connectivity index (χ2n) is 8.38. The van der Waals surface area contributed by atoms with Gasteiger partial charge in [-0.15, -0.1) is 0 Å². The highest BCUT2D eigenvalue weighted by molar-refractivity contribution is 8.18. The van der Waals surface area contributed by atoms with Gasteiger partial charge in [0.1, 0.15) is 12.4 Å². The van der Waals surface area contributed by atoms with E-state index < -0.39 is 5.97 Å². The van der Waals surface area contributed by atoms with E-state index >= 15 is 0 Å². The topological polar surface area (TPSA) is 83.9 Å². The van der Waals surface area contributed by atoms with Crippen LogP contribution in [0.4, 0.5) is 4.79 Å². The molecule has 1 heterocycles. The van der Waals surface area contributed by atoms with Crippen LogP contribution < -0.4 is 4.74 Å². The van der Waals surface area contributed by atoms with E-state index in [1.807, 2.05) is 36.4 Å². The van der Waals surface area contributed by atoms with Crippen LogP contribution in [0.25, 0.3) is 16.8 Å². The van der Waals surface area contributed by atoms with E-state index in [2.05, 4.69) is 0 Å². The number of aromatic carboxylic acids is 1. The largest absolute Gasteiger partial charge is 0.488 e. The number of imide groups is 1. The minimum Gasteiger partial charge on any atom is -0.488 e. The lowest BCUT2D eigenvalue weighted by atomic mass is 10.0. The maximum Gasteiger partial charge on any atom is 0.335 e. The molecule has 5 rings (SSSR count). The Morgan fingerprint density at radius 2 is 1.62 bits per heavy atom. The number of rotatable bonds is 7. The molecule has 1 aliphatic rings. The van der Waals surface area contributed by atoms with Crippen LogP contribution in [0.15, 0.2) is 89.8 Å². The predicted molar refractivity (Wildman–Crippen MR) is 145 cm³/mol. The summed E-state index contributed by atoms with van der Waals surface area (Å²) >= 11 is 6.85. The number of carbonyl (C=O) groups is 3. The van der Waals surface area contributed by atoms with E-state index in [9.17, 15) is 14.4 Å². The number of carboxylic acids is 1. The molecule has 1 saturated heterocycles. The smallest absolute Gasteiger partial charge is 0.335 e. The minimum atomic E-state index is -0.991. The van der Waals surface area contributed by atoms with Crippen LogP contribution in [0.5, 0.6) is 5.75 Å². The molecule has 0 spiro atoms. The van der Waals surface area contributed by atoms with Gasteiger partial charge in [0.25, 0.3) is 11.1 Å². The second kappa shape index (κ2) is 10.5. The molecule has 1 N–H and O–H groups in total. The molecule has 0 radical (unpaired) electrons. The number of halogens is 1. The lowest BCUT2D eigenvalue weighted by Crippen LogP contribution is -2.27. The molecule has 0 unspecified atom stereocenters. The van der Waals surface area contributed by atoms with Crippen molar-refractivity contribution in [1.82, 2.24) is 4.90 Å². The maximum atomic E-state index is 13.2. The van der Waals surface area contributed by atoms with Gasteiger partial charge in [-0.1, -0.05) is 66.2 Å². The normalized spacial score (nSPS) is 14.5. The molecule has 8 heteroatoms. The molecule has 0 aliphatic carbocycles. The van der Waals surface area contributed by atoms with Crippen molar-refractivity contribution >= 4 is 57.3 Å². The summed E-state index contributed by atoms with van der Waals surface area (Å²) in [6, 6.07) is 25.0. The Bertz CT molecular complexity index is 1550. The zero-order valence-corrected chi connectivity index (χ0v) is 21.0. The first-order valence-corrected chi connectivity index (χ1v) is 12.5. The van der Waals surface area contributed by atoms with Gasteiger partial charge in [-0.05, 0) is 70.1 Å². The fraction of sp³-hybridized carbons (Fsp3) is 0.0690. The molecule has 4 aromatic carbocycles. The Kier molecular flexibility index (Phi) is 6.99. The van der Waals surface area contributed by atoms with Gasteiger partial charge in [-0.2, -0.15) is 0 Å². The van der Waals surface area contributed by atoms with Crippen LogP contribution in [0, 0.1) is 0 Å². The van der Waals surface area contributed by atoms with Crippen molar-refractivity contribution in [2.75, 3.05) is 0 Å². The van der Waals surface area contributed by atoms with Crippen molar-refractivity contribution in [1.29, 1.82) is 0 Å². The number of fused-ring (bicyclic) bond motifs is 1. The predicted octanol–water partition coefficient (Wildman–Crippen LogP) is 7.01. The third-order valence-corrected chi connectivity index (χ3v) is 7.09. The second-order valence-corrected chi connectivity index (χ2v) is 9.81. The summed E-state index contributed by atoms with van der Waals surface area (Å²) in [5.74, 6) is -0.812. The molecule has 0 aromatic heterocycles. The number of amides is 2. The first-order valence-electron chi connectivity index (χ1n) is 11.4. The third-order valence-electron chi connectivity index (χ3n) is 5.93. The van der Waals surface area contributed by atoms with Gasteiger partial charge >= 0.3 is 5.97 Å². The van der Waals surface area contributed by atoms with Crippen LogP contribution >= 0.6 is 23.4 Å². The number of thioether (sulfide) groups is 1. The molecule has 0 saturated carbocycles. The molecular formula is C29H20ClNO5S. The van der Waals surface area contributed by atoms with Crippen LogP contribution in [-0.2, 0) is 17.9 Å². The number of ether oxygens (including phenoxy) is 1. The lowest BCUT2D eigenvalue weighted by molar-refractivity contribution is -0.123. The molecule has 4 aromatic rings. The highest BCUT2D eigenvalue weighted by Gasteiger charge is 2.35. The Hall–Kier alpha value is -4.07. The van der Waals surface area contributed by atoms with Gasteiger partial charge in [0.05, 0.1) is 17.0 Å². The van der Waals surface area contributed by atoms with E-state index in [1.54, 1.807) is 42.5 Å². The van der Waals surface area contributed by atoms with Crippen molar-refractivity contribution < 1.29 is 24.2 Å². The fourth-order valence-electron chi connectivity index (χ4n) is 3.99. The Labute approximate surface area is 222 Å². The molecule has 1 fully saturated rings. The van der Waals surface area contributed by atoms with Crippen LogP contribution in [0.3, 0.4) is 0 Å². The summed E-state index contributed by atoms with van der Waals surface area (Å²) in [5.41, 5.74) is 2.49.